The molecule has 2 amide bonds. The van der Waals surface area contributed by atoms with Crippen molar-refractivity contribution >= 4 is 34.2 Å². The maximum Gasteiger partial charge on any atom is 0.310 e. The molecule has 3 aromatic carbocycles. The van der Waals surface area contributed by atoms with Crippen LogP contribution in [0.2, 0.25) is 0 Å². The van der Waals surface area contributed by atoms with Crippen molar-refractivity contribution in [1.29, 1.82) is 0 Å². The molecule has 0 fully saturated rings. The lowest BCUT2D eigenvalue weighted by molar-refractivity contribution is -0.142. The average molecular weight is 490 g/mol. The lowest BCUT2D eigenvalue weighted by Crippen LogP contribution is -2.29. The Kier molecular flexibility index (Phi) is 7.58. The summed E-state index contributed by atoms with van der Waals surface area (Å²) >= 11 is 0. The van der Waals surface area contributed by atoms with Gasteiger partial charge in [-0.2, -0.15) is 0 Å². The molecule has 0 aliphatic carbocycles. The van der Waals surface area contributed by atoms with Gasteiger partial charge in [0.2, 0.25) is 0 Å². The Morgan fingerprint density at radius 3 is 2.08 bits per heavy atom. The molecule has 0 saturated heterocycles. The standard InChI is InChI=1S/C29H31NO6/c1-5-7-16-35-26-21-10-8-9-11-22(21)27(36-18(3)4)25-24(26)28(32)30(29(25)33)20-14-12-19(13-15-20)17-23(31)34-6-2/h8-15,18H,5-7,16-17H2,1-4H3. The number of esters is 1. The van der Waals surface area contributed by atoms with Crippen LogP contribution in [0.4, 0.5) is 5.69 Å². The topological polar surface area (TPSA) is 82.1 Å². The van der Waals surface area contributed by atoms with Gasteiger partial charge in [0.1, 0.15) is 11.5 Å². The number of rotatable bonds is 10. The van der Waals surface area contributed by atoms with Crippen molar-refractivity contribution in [3.8, 4) is 11.5 Å². The van der Waals surface area contributed by atoms with Crippen LogP contribution < -0.4 is 14.4 Å². The molecule has 3 aromatic rings. The molecule has 0 N–H and O–H groups in total. The molecule has 0 bridgehead atoms. The molecule has 7 heteroatoms. The SMILES string of the molecule is CCCCOc1c2c(c(OC(C)C)c3ccccc13)C(=O)N(c1ccc(CC(=O)OCC)cc1)C2=O. The fourth-order valence-corrected chi connectivity index (χ4v) is 4.30. The number of imide groups is 1. The van der Waals surface area contributed by atoms with Crippen LogP contribution in [-0.4, -0.2) is 37.1 Å². The molecule has 1 aliphatic rings. The zero-order chi connectivity index (χ0) is 25.8. The largest absolute Gasteiger partial charge is 0.492 e. The quantitative estimate of drug-likeness (QED) is 0.206. The lowest BCUT2D eigenvalue weighted by atomic mass is 9.98. The minimum Gasteiger partial charge on any atom is -0.492 e. The predicted octanol–water partition coefficient (Wildman–Crippen LogP) is 5.71. The van der Waals surface area contributed by atoms with Gasteiger partial charge in [-0.05, 0) is 44.9 Å². The van der Waals surface area contributed by atoms with Crippen LogP contribution in [0.15, 0.2) is 48.5 Å². The van der Waals surface area contributed by atoms with Crippen molar-refractivity contribution in [2.24, 2.45) is 0 Å². The first kappa shape index (κ1) is 25.2. The highest BCUT2D eigenvalue weighted by atomic mass is 16.5. The molecule has 0 saturated carbocycles. The summed E-state index contributed by atoms with van der Waals surface area (Å²) < 4.78 is 17.3. The van der Waals surface area contributed by atoms with E-state index >= 15 is 0 Å². The molecule has 1 aliphatic heterocycles. The van der Waals surface area contributed by atoms with E-state index in [4.69, 9.17) is 14.2 Å². The zero-order valence-corrected chi connectivity index (χ0v) is 21.1. The summed E-state index contributed by atoms with van der Waals surface area (Å²) in [6.45, 7) is 8.32. The normalized spacial score (nSPS) is 12.9. The third kappa shape index (κ3) is 4.78. The van der Waals surface area contributed by atoms with E-state index < -0.39 is 11.8 Å². The van der Waals surface area contributed by atoms with E-state index in [0.29, 0.717) is 30.4 Å². The Balaban J connectivity index is 1.81. The second-order valence-corrected chi connectivity index (χ2v) is 8.92. The Bertz CT molecular complexity index is 1300. The molecule has 0 unspecified atom stereocenters. The van der Waals surface area contributed by atoms with E-state index in [1.807, 2.05) is 38.1 Å². The number of hydrogen-bond acceptors (Lipinski definition) is 6. The van der Waals surface area contributed by atoms with Crippen LogP contribution in [0.5, 0.6) is 11.5 Å². The average Bonchev–Trinajstić information content (AvgIpc) is 3.11. The number of unbranched alkanes of at least 4 members (excludes halogenated alkanes) is 1. The van der Waals surface area contributed by atoms with Crippen LogP contribution in [0.25, 0.3) is 10.8 Å². The van der Waals surface area contributed by atoms with Gasteiger partial charge >= 0.3 is 5.97 Å². The molecule has 0 aromatic heterocycles. The number of anilines is 1. The number of nitrogens with zero attached hydrogens (tertiary/aromatic N) is 1. The number of benzene rings is 3. The van der Waals surface area contributed by atoms with Gasteiger partial charge in [0.25, 0.3) is 11.8 Å². The maximum atomic E-state index is 13.8. The van der Waals surface area contributed by atoms with E-state index in [1.54, 1.807) is 31.2 Å². The first-order chi connectivity index (χ1) is 17.4. The second-order valence-electron chi connectivity index (χ2n) is 8.92. The summed E-state index contributed by atoms with van der Waals surface area (Å²) in [4.78, 5) is 40.5. The monoisotopic (exact) mass is 489 g/mol. The number of carbonyl (C=O) groups excluding carboxylic acids is 3. The van der Waals surface area contributed by atoms with Gasteiger partial charge in [-0.15, -0.1) is 0 Å². The van der Waals surface area contributed by atoms with Gasteiger partial charge in [0.05, 0.1) is 42.6 Å². The van der Waals surface area contributed by atoms with Crippen molar-refractivity contribution in [3.05, 3.63) is 65.2 Å². The van der Waals surface area contributed by atoms with Crippen molar-refractivity contribution in [2.45, 2.75) is 53.1 Å². The first-order valence-electron chi connectivity index (χ1n) is 12.4. The maximum absolute atomic E-state index is 13.8. The van der Waals surface area contributed by atoms with Gasteiger partial charge in [-0.1, -0.05) is 49.7 Å². The molecule has 0 spiro atoms. The van der Waals surface area contributed by atoms with Crippen molar-refractivity contribution in [1.82, 2.24) is 0 Å². The molecule has 1 heterocycles. The lowest BCUT2D eigenvalue weighted by Gasteiger charge is -2.18. The molecular formula is C29H31NO6. The van der Waals surface area contributed by atoms with Crippen molar-refractivity contribution < 1.29 is 28.6 Å². The number of ether oxygens (including phenoxy) is 3. The van der Waals surface area contributed by atoms with Crippen LogP contribution in [0, 0.1) is 0 Å². The Hall–Kier alpha value is -3.87. The summed E-state index contributed by atoms with van der Waals surface area (Å²) in [7, 11) is 0. The van der Waals surface area contributed by atoms with E-state index in [0.717, 1.165) is 34.1 Å². The van der Waals surface area contributed by atoms with Crippen LogP contribution >= 0.6 is 0 Å². The molecule has 36 heavy (non-hydrogen) atoms. The minimum absolute atomic E-state index is 0.115. The minimum atomic E-state index is -0.463. The second kappa shape index (κ2) is 10.8. The number of carbonyl (C=O) groups is 3. The summed E-state index contributed by atoms with van der Waals surface area (Å²) in [6.07, 6.45) is 1.67. The van der Waals surface area contributed by atoms with Gasteiger partial charge in [-0.3, -0.25) is 14.4 Å². The summed E-state index contributed by atoms with van der Waals surface area (Å²) in [5, 5.41) is 1.46. The predicted molar refractivity (Wildman–Crippen MR) is 138 cm³/mol. The van der Waals surface area contributed by atoms with Crippen LogP contribution in [0.1, 0.15) is 66.8 Å². The van der Waals surface area contributed by atoms with Crippen molar-refractivity contribution in [3.63, 3.8) is 0 Å². The summed E-state index contributed by atoms with van der Waals surface area (Å²) in [6, 6.07) is 14.3. The van der Waals surface area contributed by atoms with Gasteiger partial charge < -0.3 is 14.2 Å². The number of fused-ring (bicyclic) bond motifs is 2. The molecule has 0 atom stereocenters. The highest BCUT2D eigenvalue weighted by Gasteiger charge is 2.43. The summed E-state index contributed by atoms with van der Waals surface area (Å²) in [5.74, 6) is -0.459. The van der Waals surface area contributed by atoms with Gasteiger partial charge in [0, 0.05) is 10.8 Å². The van der Waals surface area contributed by atoms with Gasteiger partial charge in [0.15, 0.2) is 0 Å². The Labute approximate surface area is 210 Å². The summed E-state index contributed by atoms with van der Waals surface area (Å²) in [5.41, 5.74) is 1.58. The van der Waals surface area contributed by atoms with Crippen molar-refractivity contribution in [2.75, 3.05) is 18.1 Å². The zero-order valence-electron chi connectivity index (χ0n) is 21.1. The highest BCUT2D eigenvalue weighted by molar-refractivity contribution is 6.38. The molecule has 7 nitrogen and oxygen atoms in total. The fourth-order valence-electron chi connectivity index (χ4n) is 4.30. The third-order valence-corrected chi connectivity index (χ3v) is 5.90. The number of hydrogen-bond donors (Lipinski definition) is 0. The first-order valence-corrected chi connectivity index (χ1v) is 12.4. The van der Waals surface area contributed by atoms with Gasteiger partial charge in [-0.25, -0.2) is 4.90 Å². The molecule has 4 rings (SSSR count). The number of amides is 2. The molecule has 0 radical (unpaired) electrons. The third-order valence-electron chi connectivity index (χ3n) is 5.90. The fraction of sp³-hybridized carbons (Fsp3) is 0.345. The van der Waals surface area contributed by atoms with Crippen LogP contribution in [-0.2, 0) is 16.0 Å². The Morgan fingerprint density at radius 2 is 1.50 bits per heavy atom. The Morgan fingerprint density at radius 1 is 0.889 bits per heavy atom. The van der Waals surface area contributed by atoms with E-state index in [1.165, 1.54) is 0 Å². The van der Waals surface area contributed by atoms with E-state index in [2.05, 4.69) is 6.92 Å². The molecular weight excluding hydrogens is 458 g/mol. The van der Waals surface area contributed by atoms with E-state index in [9.17, 15) is 14.4 Å². The highest BCUT2D eigenvalue weighted by Crippen LogP contribution is 2.46. The molecule has 188 valence electrons. The van der Waals surface area contributed by atoms with E-state index in [-0.39, 0.29) is 29.6 Å². The van der Waals surface area contributed by atoms with Crippen LogP contribution in [0.3, 0.4) is 0 Å². The smallest absolute Gasteiger partial charge is 0.310 e.